The number of carbonyl (C=O) groups excluding carboxylic acids is 1. The number of ether oxygens (including phenoxy) is 1. The highest BCUT2D eigenvalue weighted by Gasteiger charge is 2.31. The Morgan fingerprint density at radius 1 is 1.39 bits per heavy atom. The van der Waals surface area contributed by atoms with Crippen LogP contribution in [0.15, 0.2) is 0 Å². The van der Waals surface area contributed by atoms with E-state index in [9.17, 15) is 9.59 Å². The number of nitrogens with zero attached hydrogens (tertiary/aromatic N) is 1. The number of amides is 1. The van der Waals surface area contributed by atoms with Gasteiger partial charge in [0, 0.05) is 19.0 Å². The molecule has 104 valence electrons. The zero-order valence-electron chi connectivity index (χ0n) is 11.4. The Morgan fingerprint density at radius 2 is 2.06 bits per heavy atom. The molecule has 0 aromatic heterocycles. The summed E-state index contributed by atoms with van der Waals surface area (Å²) in [6.45, 7) is 6.26. The molecule has 1 N–H and O–H groups in total. The monoisotopic (exact) mass is 257 g/mol. The van der Waals surface area contributed by atoms with E-state index in [1.54, 1.807) is 4.90 Å². The number of carboxylic acid groups (broad SMARTS) is 1. The Hall–Kier alpha value is -1.26. The maximum absolute atomic E-state index is 12.0. The molecular formula is C13H23NO4. The van der Waals surface area contributed by atoms with E-state index in [0.717, 1.165) is 19.3 Å². The maximum atomic E-state index is 12.0. The molecule has 0 unspecified atom stereocenters. The molecule has 1 heterocycles. The fourth-order valence-corrected chi connectivity index (χ4v) is 2.19. The van der Waals surface area contributed by atoms with Crippen LogP contribution in [-0.4, -0.2) is 40.3 Å². The van der Waals surface area contributed by atoms with Crippen LogP contribution in [0.3, 0.4) is 0 Å². The van der Waals surface area contributed by atoms with Crippen LogP contribution in [0.5, 0.6) is 0 Å². The topological polar surface area (TPSA) is 66.8 Å². The van der Waals surface area contributed by atoms with E-state index in [4.69, 9.17) is 9.84 Å². The highest BCUT2D eigenvalue weighted by molar-refractivity contribution is 5.69. The van der Waals surface area contributed by atoms with Gasteiger partial charge in [0.05, 0.1) is 0 Å². The van der Waals surface area contributed by atoms with Crippen molar-refractivity contribution in [3.63, 3.8) is 0 Å². The summed E-state index contributed by atoms with van der Waals surface area (Å²) in [7, 11) is 0. The maximum Gasteiger partial charge on any atom is 0.410 e. The van der Waals surface area contributed by atoms with Gasteiger partial charge in [0.2, 0.25) is 0 Å². The van der Waals surface area contributed by atoms with E-state index >= 15 is 0 Å². The van der Waals surface area contributed by atoms with E-state index in [1.165, 1.54) is 0 Å². The van der Waals surface area contributed by atoms with Gasteiger partial charge in [-0.25, -0.2) is 4.79 Å². The standard InChI is InChI=1S/C13H23NO4/c1-13(2,3)18-12(17)14-9-5-7-10(14)6-4-8-11(15)16/h10H,4-9H2,1-3H3,(H,15,16)/t10-/m0/s1. The predicted molar refractivity (Wildman–Crippen MR) is 67.4 cm³/mol. The zero-order valence-corrected chi connectivity index (χ0v) is 11.4. The van der Waals surface area contributed by atoms with Crippen LogP contribution in [0, 0.1) is 0 Å². The minimum Gasteiger partial charge on any atom is -0.481 e. The molecule has 5 heteroatoms. The lowest BCUT2D eigenvalue weighted by atomic mass is 10.1. The van der Waals surface area contributed by atoms with Crippen molar-refractivity contribution in [2.45, 2.75) is 64.5 Å². The summed E-state index contributed by atoms with van der Waals surface area (Å²) in [5.74, 6) is -0.781. The molecule has 1 saturated heterocycles. The SMILES string of the molecule is CC(C)(C)OC(=O)N1CCC[C@@H]1CCCC(=O)O. The molecule has 1 rings (SSSR count). The van der Waals surface area contributed by atoms with E-state index in [-0.39, 0.29) is 18.6 Å². The van der Waals surface area contributed by atoms with Crippen LogP contribution < -0.4 is 0 Å². The Bertz CT molecular complexity index is 309. The molecule has 1 aliphatic heterocycles. The highest BCUT2D eigenvalue weighted by Crippen LogP contribution is 2.24. The van der Waals surface area contributed by atoms with Crippen LogP contribution in [0.2, 0.25) is 0 Å². The van der Waals surface area contributed by atoms with Crippen LogP contribution in [0.1, 0.15) is 52.9 Å². The van der Waals surface area contributed by atoms with Crippen molar-refractivity contribution in [3.8, 4) is 0 Å². The van der Waals surface area contributed by atoms with Gasteiger partial charge in [0.15, 0.2) is 0 Å². The second kappa shape index (κ2) is 6.07. The van der Waals surface area contributed by atoms with Crippen molar-refractivity contribution in [1.29, 1.82) is 0 Å². The first kappa shape index (κ1) is 14.8. The number of likely N-dealkylation sites (tertiary alicyclic amines) is 1. The first-order valence-electron chi connectivity index (χ1n) is 6.51. The van der Waals surface area contributed by atoms with Gasteiger partial charge in [-0.2, -0.15) is 0 Å². The molecule has 0 aromatic rings. The third-order valence-corrected chi connectivity index (χ3v) is 2.93. The molecule has 0 bridgehead atoms. The minimum atomic E-state index is -0.781. The van der Waals surface area contributed by atoms with E-state index in [1.807, 2.05) is 20.8 Å². The number of hydrogen-bond donors (Lipinski definition) is 1. The normalized spacial score (nSPS) is 19.9. The van der Waals surface area contributed by atoms with Crippen LogP contribution in [0.4, 0.5) is 4.79 Å². The summed E-state index contributed by atoms with van der Waals surface area (Å²) < 4.78 is 5.35. The summed E-state index contributed by atoms with van der Waals surface area (Å²) in [6, 6.07) is 0.138. The minimum absolute atomic E-state index is 0.138. The zero-order chi connectivity index (χ0) is 13.8. The molecule has 5 nitrogen and oxygen atoms in total. The average molecular weight is 257 g/mol. The van der Waals surface area contributed by atoms with Crippen molar-refractivity contribution in [2.75, 3.05) is 6.54 Å². The molecule has 0 aromatic carbocycles. The number of carbonyl (C=O) groups is 2. The number of carboxylic acids is 1. The van der Waals surface area contributed by atoms with E-state index in [2.05, 4.69) is 0 Å². The second-order valence-electron chi connectivity index (χ2n) is 5.76. The second-order valence-corrected chi connectivity index (χ2v) is 5.76. The van der Waals surface area contributed by atoms with Crippen molar-refractivity contribution in [3.05, 3.63) is 0 Å². The van der Waals surface area contributed by atoms with Crippen LogP contribution >= 0.6 is 0 Å². The van der Waals surface area contributed by atoms with Gasteiger partial charge in [-0.1, -0.05) is 0 Å². The molecule has 0 saturated carbocycles. The lowest BCUT2D eigenvalue weighted by Crippen LogP contribution is -2.39. The van der Waals surface area contributed by atoms with Crippen molar-refractivity contribution < 1.29 is 19.4 Å². The Labute approximate surface area is 108 Å². The van der Waals surface area contributed by atoms with Gasteiger partial charge in [0.1, 0.15) is 5.60 Å². The summed E-state index contributed by atoms with van der Waals surface area (Å²) >= 11 is 0. The van der Waals surface area contributed by atoms with Crippen molar-refractivity contribution in [2.24, 2.45) is 0 Å². The molecule has 1 amide bonds. The van der Waals surface area contributed by atoms with Crippen molar-refractivity contribution >= 4 is 12.1 Å². The number of aliphatic carboxylic acids is 1. The first-order chi connectivity index (χ1) is 8.29. The lowest BCUT2D eigenvalue weighted by molar-refractivity contribution is -0.137. The van der Waals surface area contributed by atoms with E-state index in [0.29, 0.717) is 13.0 Å². The summed E-state index contributed by atoms with van der Waals surface area (Å²) in [5.41, 5.74) is -0.481. The van der Waals surface area contributed by atoms with Gasteiger partial charge >= 0.3 is 12.1 Å². The summed E-state index contributed by atoms with van der Waals surface area (Å²) in [4.78, 5) is 24.2. The van der Waals surface area contributed by atoms with Crippen LogP contribution in [-0.2, 0) is 9.53 Å². The Morgan fingerprint density at radius 3 is 2.61 bits per heavy atom. The molecule has 18 heavy (non-hydrogen) atoms. The molecular weight excluding hydrogens is 234 g/mol. The molecule has 1 atom stereocenters. The number of rotatable bonds is 4. The fourth-order valence-electron chi connectivity index (χ4n) is 2.19. The third-order valence-electron chi connectivity index (χ3n) is 2.93. The van der Waals surface area contributed by atoms with Gasteiger partial charge in [-0.3, -0.25) is 4.79 Å². The Balaban J connectivity index is 2.43. The summed E-state index contributed by atoms with van der Waals surface area (Å²) in [6.07, 6.45) is 3.15. The average Bonchev–Trinajstić information content (AvgIpc) is 2.62. The fraction of sp³-hybridized carbons (Fsp3) is 0.846. The quantitative estimate of drug-likeness (QED) is 0.840. The van der Waals surface area contributed by atoms with Crippen LogP contribution in [0.25, 0.3) is 0 Å². The van der Waals surface area contributed by atoms with Gasteiger partial charge in [-0.05, 0) is 46.5 Å². The predicted octanol–water partition coefficient (Wildman–Crippen LogP) is 2.64. The molecule has 1 aliphatic rings. The lowest BCUT2D eigenvalue weighted by Gasteiger charge is -2.28. The van der Waals surface area contributed by atoms with Gasteiger partial charge in [0.25, 0.3) is 0 Å². The number of hydrogen-bond acceptors (Lipinski definition) is 3. The largest absolute Gasteiger partial charge is 0.481 e. The van der Waals surface area contributed by atoms with Crippen molar-refractivity contribution in [1.82, 2.24) is 4.90 Å². The molecule has 0 spiro atoms. The first-order valence-corrected chi connectivity index (χ1v) is 6.51. The molecule has 0 aliphatic carbocycles. The van der Waals surface area contributed by atoms with E-state index < -0.39 is 11.6 Å². The highest BCUT2D eigenvalue weighted by atomic mass is 16.6. The Kier molecular flexibility index (Phi) is 4.99. The van der Waals surface area contributed by atoms with Gasteiger partial charge < -0.3 is 14.7 Å². The molecule has 1 fully saturated rings. The smallest absolute Gasteiger partial charge is 0.410 e. The summed E-state index contributed by atoms with van der Waals surface area (Å²) in [5, 5.41) is 8.61. The molecule has 0 radical (unpaired) electrons. The van der Waals surface area contributed by atoms with Gasteiger partial charge in [-0.15, -0.1) is 0 Å². The third kappa shape index (κ3) is 4.94.